The van der Waals surface area contributed by atoms with Gasteiger partial charge in [-0.05, 0) is 44.0 Å². The molecule has 1 aliphatic rings. The highest BCUT2D eigenvalue weighted by molar-refractivity contribution is 7.71. The molecule has 2 heterocycles. The van der Waals surface area contributed by atoms with E-state index in [9.17, 15) is 0 Å². The minimum atomic E-state index is 0.599. The summed E-state index contributed by atoms with van der Waals surface area (Å²) in [5.74, 6) is 0. The Morgan fingerprint density at radius 2 is 2.29 bits per heavy atom. The summed E-state index contributed by atoms with van der Waals surface area (Å²) in [6.45, 7) is 4.75. The van der Waals surface area contributed by atoms with Crippen LogP contribution in [-0.2, 0) is 0 Å². The van der Waals surface area contributed by atoms with Crippen LogP contribution in [0, 0.1) is 4.64 Å². The Bertz CT molecular complexity index is 379. The fourth-order valence-electron chi connectivity index (χ4n) is 2.63. The lowest BCUT2D eigenvalue weighted by Gasteiger charge is -2.36. The van der Waals surface area contributed by atoms with E-state index >= 15 is 0 Å². The van der Waals surface area contributed by atoms with Crippen molar-refractivity contribution in [2.24, 2.45) is 0 Å². The van der Waals surface area contributed by atoms with Crippen LogP contribution in [0.4, 0.5) is 0 Å². The molecule has 0 aliphatic carbocycles. The van der Waals surface area contributed by atoms with Crippen LogP contribution < -0.4 is 0 Å². The molecule has 1 unspecified atom stereocenters. The van der Waals surface area contributed by atoms with Gasteiger partial charge >= 0.3 is 0 Å². The van der Waals surface area contributed by atoms with Crippen LogP contribution in [0.25, 0.3) is 0 Å². The molecule has 17 heavy (non-hydrogen) atoms. The van der Waals surface area contributed by atoms with E-state index in [-0.39, 0.29) is 0 Å². The van der Waals surface area contributed by atoms with Gasteiger partial charge in [0.15, 0.2) is 0 Å². The number of nitrogens with zero attached hydrogens (tertiary/aromatic N) is 1. The third-order valence-electron chi connectivity index (χ3n) is 3.61. The summed E-state index contributed by atoms with van der Waals surface area (Å²) in [6.07, 6.45) is 8.66. The van der Waals surface area contributed by atoms with E-state index in [2.05, 4.69) is 29.1 Å². The predicted molar refractivity (Wildman–Crippen MR) is 74.7 cm³/mol. The number of pyridine rings is 1. The number of piperidine rings is 1. The maximum atomic E-state index is 5.10. The monoisotopic (exact) mass is 250 g/mol. The van der Waals surface area contributed by atoms with E-state index in [1.165, 1.54) is 50.8 Å². The van der Waals surface area contributed by atoms with Crippen molar-refractivity contribution in [1.82, 2.24) is 9.88 Å². The second kappa shape index (κ2) is 6.31. The number of rotatable bonds is 4. The molecular formula is C14H22N2S. The second-order valence-corrected chi connectivity index (χ2v) is 5.33. The van der Waals surface area contributed by atoms with Gasteiger partial charge in [0.05, 0.1) is 0 Å². The molecule has 1 atom stereocenters. The molecule has 2 nitrogen and oxygen atoms in total. The molecule has 1 N–H and O–H groups in total. The largest absolute Gasteiger partial charge is 0.353 e. The van der Waals surface area contributed by atoms with Crippen LogP contribution in [0.2, 0.25) is 0 Å². The van der Waals surface area contributed by atoms with E-state index < -0.39 is 0 Å². The smallest absolute Gasteiger partial charge is 0.103 e. The Balaban J connectivity index is 2.09. The van der Waals surface area contributed by atoms with Gasteiger partial charge in [0.1, 0.15) is 4.64 Å². The Labute approximate surface area is 109 Å². The summed E-state index contributed by atoms with van der Waals surface area (Å²) < 4.78 is 0.824. The van der Waals surface area contributed by atoms with Gasteiger partial charge in [-0.3, -0.25) is 4.90 Å². The van der Waals surface area contributed by atoms with Crippen LogP contribution in [0.3, 0.4) is 0 Å². The Morgan fingerprint density at radius 1 is 1.41 bits per heavy atom. The van der Waals surface area contributed by atoms with Gasteiger partial charge in [0.25, 0.3) is 0 Å². The van der Waals surface area contributed by atoms with Gasteiger partial charge in [0.2, 0.25) is 0 Å². The highest BCUT2D eigenvalue weighted by atomic mass is 32.1. The van der Waals surface area contributed by atoms with Crippen molar-refractivity contribution < 1.29 is 0 Å². The lowest BCUT2D eigenvalue weighted by molar-refractivity contribution is 0.146. The molecule has 0 aromatic carbocycles. The average Bonchev–Trinajstić information content (AvgIpc) is 2.38. The lowest BCUT2D eigenvalue weighted by atomic mass is 9.96. The minimum Gasteiger partial charge on any atom is -0.353 e. The van der Waals surface area contributed by atoms with E-state index in [1.807, 2.05) is 6.07 Å². The summed E-state index contributed by atoms with van der Waals surface area (Å²) in [5, 5.41) is 0. The van der Waals surface area contributed by atoms with E-state index in [0.29, 0.717) is 6.04 Å². The first-order chi connectivity index (χ1) is 8.31. The van der Waals surface area contributed by atoms with Gasteiger partial charge < -0.3 is 4.98 Å². The van der Waals surface area contributed by atoms with Crippen LogP contribution in [0.1, 0.15) is 50.6 Å². The molecule has 1 aromatic heterocycles. The van der Waals surface area contributed by atoms with Gasteiger partial charge in [-0.15, -0.1) is 0 Å². The quantitative estimate of drug-likeness (QED) is 0.812. The SMILES string of the molecule is CCCCN1CCCCC1c1ccc(=S)[nH]c1. The summed E-state index contributed by atoms with van der Waals surface area (Å²) in [6, 6.07) is 4.80. The van der Waals surface area contributed by atoms with Crippen molar-refractivity contribution in [2.45, 2.75) is 45.1 Å². The highest BCUT2D eigenvalue weighted by Crippen LogP contribution is 2.30. The van der Waals surface area contributed by atoms with E-state index in [1.54, 1.807) is 0 Å². The molecule has 0 bridgehead atoms. The standard InChI is InChI=1S/C14H22N2S/c1-2-3-9-16-10-5-4-6-13(16)12-7-8-14(17)15-11-12/h7-8,11,13H,2-6,9-10H2,1H3,(H,15,17). The summed E-state index contributed by atoms with van der Waals surface area (Å²) in [5.41, 5.74) is 1.40. The first kappa shape index (κ1) is 12.8. The van der Waals surface area contributed by atoms with Crippen molar-refractivity contribution in [3.05, 3.63) is 28.5 Å². The molecule has 1 aliphatic heterocycles. The van der Waals surface area contributed by atoms with Crippen molar-refractivity contribution in [2.75, 3.05) is 13.1 Å². The fourth-order valence-corrected chi connectivity index (χ4v) is 2.75. The van der Waals surface area contributed by atoms with Gasteiger partial charge in [0, 0.05) is 12.2 Å². The van der Waals surface area contributed by atoms with Crippen molar-refractivity contribution in [3.63, 3.8) is 0 Å². The maximum absolute atomic E-state index is 5.10. The molecule has 2 rings (SSSR count). The first-order valence-electron chi connectivity index (χ1n) is 6.74. The highest BCUT2D eigenvalue weighted by Gasteiger charge is 2.23. The molecule has 1 saturated heterocycles. The van der Waals surface area contributed by atoms with Crippen LogP contribution >= 0.6 is 12.2 Å². The van der Waals surface area contributed by atoms with Crippen LogP contribution in [0.5, 0.6) is 0 Å². The molecule has 0 radical (unpaired) electrons. The van der Waals surface area contributed by atoms with Gasteiger partial charge in [-0.25, -0.2) is 0 Å². The van der Waals surface area contributed by atoms with Crippen molar-refractivity contribution in [3.8, 4) is 0 Å². The van der Waals surface area contributed by atoms with Gasteiger partial charge in [-0.2, -0.15) is 0 Å². The number of unbranched alkanes of at least 4 members (excludes halogenated alkanes) is 1. The van der Waals surface area contributed by atoms with E-state index in [4.69, 9.17) is 12.2 Å². The van der Waals surface area contributed by atoms with Crippen LogP contribution in [0.15, 0.2) is 18.3 Å². The number of hydrogen-bond donors (Lipinski definition) is 1. The molecule has 3 heteroatoms. The summed E-state index contributed by atoms with van der Waals surface area (Å²) in [7, 11) is 0. The number of nitrogens with one attached hydrogen (secondary N) is 1. The molecule has 0 saturated carbocycles. The molecule has 1 fully saturated rings. The molecule has 0 amide bonds. The number of aromatic nitrogens is 1. The third-order valence-corrected chi connectivity index (χ3v) is 3.86. The molecule has 0 spiro atoms. The molecule has 1 aromatic rings. The number of aromatic amines is 1. The van der Waals surface area contributed by atoms with Crippen molar-refractivity contribution >= 4 is 12.2 Å². The zero-order valence-corrected chi connectivity index (χ0v) is 11.4. The van der Waals surface area contributed by atoms with E-state index in [0.717, 1.165) is 4.64 Å². The second-order valence-electron chi connectivity index (χ2n) is 4.89. The Hall–Kier alpha value is -0.670. The van der Waals surface area contributed by atoms with Crippen molar-refractivity contribution in [1.29, 1.82) is 0 Å². The number of likely N-dealkylation sites (tertiary alicyclic amines) is 1. The normalized spacial score (nSPS) is 21.6. The Kier molecular flexibility index (Phi) is 4.75. The lowest BCUT2D eigenvalue weighted by Crippen LogP contribution is -2.34. The van der Waals surface area contributed by atoms with Gasteiger partial charge in [-0.1, -0.05) is 38.0 Å². The zero-order valence-electron chi connectivity index (χ0n) is 10.6. The topological polar surface area (TPSA) is 19.0 Å². The number of hydrogen-bond acceptors (Lipinski definition) is 2. The molecular weight excluding hydrogens is 228 g/mol. The average molecular weight is 250 g/mol. The number of H-pyrrole nitrogens is 1. The summed E-state index contributed by atoms with van der Waals surface area (Å²) in [4.78, 5) is 5.80. The van der Waals surface area contributed by atoms with Crippen LogP contribution in [-0.4, -0.2) is 23.0 Å². The predicted octanol–water partition coefficient (Wildman–Crippen LogP) is 4.07. The summed E-state index contributed by atoms with van der Waals surface area (Å²) >= 11 is 5.10. The minimum absolute atomic E-state index is 0.599. The fraction of sp³-hybridized carbons (Fsp3) is 0.643. The first-order valence-corrected chi connectivity index (χ1v) is 7.15. The maximum Gasteiger partial charge on any atom is 0.103 e. The third kappa shape index (κ3) is 3.39. The molecule has 94 valence electrons. The Morgan fingerprint density at radius 3 is 3.00 bits per heavy atom. The zero-order chi connectivity index (χ0) is 12.1.